The van der Waals surface area contributed by atoms with Crippen LogP contribution in [0.25, 0.3) is 0 Å². The zero-order valence-electron chi connectivity index (χ0n) is 36.2. The van der Waals surface area contributed by atoms with Crippen molar-refractivity contribution in [2.24, 2.45) is 0 Å². The molecule has 0 spiro atoms. The normalized spacial score (nSPS) is 13.6. The van der Waals surface area contributed by atoms with E-state index < -0.39 is 50.1 Å². The SMILES string of the molecule is CCCCCCCCOCC(COCC(COCCCCCCCC)OCC(COCCCCCCCC)OCCCS(=O)(=O)[O-])OCCCS(=O)(=O)[O-].[Na+].[Na+]. The molecule has 0 saturated heterocycles. The Bertz CT molecular complexity index is 1010. The third kappa shape index (κ3) is 48.2. The molecule has 0 fully saturated rings. The monoisotopic (exact) mass is 864 g/mol. The van der Waals surface area contributed by atoms with Gasteiger partial charge in [0.05, 0.1) is 59.9 Å². The van der Waals surface area contributed by atoms with Crippen LogP contribution in [0, 0.1) is 0 Å². The molecule has 3 atom stereocenters. The van der Waals surface area contributed by atoms with Gasteiger partial charge in [0.25, 0.3) is 0 Å². The molecule has 0 aromatic rings. The summed E-state index contributed by atoms with van der Waals surface area (Å²) in [5, 5.41) is 0. The molecule has 0 saturated carbocycles. The fourth-order valence-electron chi connectivity index (χ4n) is 5.58. The van der Waals surface area contributed by atoms with Crippen molar-refractivity contribution < 1.29 is 118 Å². The third-order valence-corrected chi connectivity index (χ3v) is 10.3. The van der Waals surface area contributed by atoms with E-state index in [9.17, 15) is 25.9 Å². The largest absolute Gasteiger partial charge is 1.00 e. The van der Waals surface area contributed by atoms with Gasteiger partial charge in [0.1, 0.15) is 18.3 Å². The van der Waals surface area contributed by atoms with Crippen LogP contribution in [0.3, 0.4) is 0 Å². The number of ether oxygens (including phenoxy) is 7. The molecular weight excluding hydrogens is 787 g/mol. The second-order valence-electron chi connectivity index (χ2n) is 14.2. The second-order valence-corrected chi connectivity index (χ2v) is 17.3. The van der Waals surface area contributed by atoms with E-state index in [2.05, 4.69) is 20.8 Å². The molecule has 0 amide bonds. The van der Waals surface area contributed by atoms with Gasteiger partial charge in [0, 0.05) is 44.5 Å². The number of hydrogen-bond acceptors (Lipinski definition) is 13. The summed E-state index contributed by atoms with van der Waals surface area (Å²) < 4.78 is 108. The molecule has 56 heavy (non-hydrogen) atoms. The fraction of sp³-hybridized carbons (Fsp3) is 1.00. The maximum atomic E-state index is 11.1. The standard InChI is InChI=1S/C39H80O13S2.2Na/c1-4-7-10-13-16-19-24-46-31-37(50-27-22-29-53(40,41)42)34-49-35-38(32-47-25-20-17-14-11-8-5-2)52-36-39(51-28-23-30-54(43,44)45)33-48-26-21-18-15-12-9-6-3;;/h37-39H,4-36H2,1-3H3,(H,40,41,42)(H,43,44,45);;/q;2*+1/p-2. The topological polar surface area (TPSA) is 179 Å². The number of hydrogen-bond donors (Lipinski definition) is 0. The number of rotatable bonds is 44. The summed E-state index contributed by atoms with van der Waals surface area (Å²) in [6.45, 7) is 9.82. The Kier molecular flexibility index (Phi) is 49.2. The number of unbranched alkanes of at least 4 members (excludes halogenated alkanes) is 15. The average Bonchev–Trinajstić information content (AvgIpc) is 3.12. The maximum Gasteiger partial charge on any atom is 1.00 e. The van der Waals surface area contributed by atoms with E-state index in [1.54, 1.807) is 0 Å². The van der Waals surface area contributed by atoms with Crippen LogP contribution in [0.5, 0.6) is 0 Å². The van der Waals surface area contributed by atoms with Gasteiger partial charge in [-0.05, 0) is 32.1 Å². The van der Waals surface area contributed by atoms with E-state index in [4.69, 9.17) is 33.2 Å². The molecule has 0 bridgehead atoms. The van der Waals surface area contributed by atoms with Crippen LogP contribution >= 0.6 is 0 Å². The summed E-state index contributed by atoms with van der Waals surface area (Å²) >= 11 is 0. The van der Waals surface area contributed by atoms with Crippen molar-refractivity contribution in [1.29, 1.82) is 0 Å². The first-order valence-electron chi connectivity index (χ1n) is 21.0. The van der Waals surface area contributed by atoms with Crippen molar-refractivity contribution >= 4 is 20.2 Å². The van der Waals surface area contributed by atoms with E-state index in [1.165, 1.54) is 77.0 Å². The Balaban J connectivity index is -0.0000140. The molecule has 0 rings (SSSR count). The summed E-state index contributed by atoms with van der Waals surface area (Å²) in [5.74, 6) is -0.996. The molecule has 0 N–H and O–H groups in total. The van der Waals surface area contributed by atoms with Gasteiger partial charge in [-0.15, -0.1) is 0 Å². The van der Waals surface area contributed by atoms with Crippen LogP contribution in [0.2, 0.25) is 0 Å². The summed E-state index contributed by atoms with van der Waals surface area (Å²) in [6.07, 6.45) is 19.3. The van der Waals surface area contributed by atoms with E-state index in [0.29, 0.717) is 19.8 Å². The zero-order chi connectivity index (χ0) is 40.0. The van der Waals surface area contributed by atoms with Crippen molar-refractivity contribution in [3.63, 3.8) is 0 Å². The average molecular weight is 865 g/mol. The first-order chi connectivity index (χ1) is 26.0. The molecule has 17 heteroatoms. The van der Waals surface area contributed by atoms with E-state index in [1.807, 2.05) is 0 Å². The minimum atomic E-state index is -4.33. The molecule has 3 unspecified atom stereocenters. The Labute approximate surface area is 386 Å². The summed E-state index contributed by atoms with van der Waals surface area (Å²) in [5.41, 5.74) is 0. The van der Waals surface area contributed by atoms with Crippen LogP contribution in [-0.2, 0) is 53.4 Å². The van der Waals surface area contributed by atoms with E-state index >= 15 is 0 Å². The maximum absolute atomic E-state index is 11.1. The van der Waals surface area contributed by atoms with Crippen molar-refractivity contribution in [3.8, 4) is 0 Å². The first kappa shape index (κ1) is 61.8. The van der Waals surface area contributed by atoms with Gasteiger partial charge in [-0.1, -0.05) is 117 Å². The van der Waals surface area contributed by atoms with Gasteiger partial charge in [-0.3, -0.25) is 0 Å². The Morgan fingerprint density at radius 3 is 0.982 bits per heavy atom. The molecule has 0 aliphatic carbocycles. The van der Waals surface area contributed by atoms with Crippen molar-refractivity contribution in [3.05, 3.63) is 0 Å². The van der Waals surface area contributed by atoms with Gasteiger partial charge in [-0.2, -0.15) is 0 Å². The van der Waals surface area contributed by atoms with E-state index in [-0.39, 0.29) is 125 Å². The Morgan fingerprint density at radius 2 is 0.643 bits per heavy atom. The first-order valence-corrected chi connectivity index (χ1v) is 24.2. The van der Waals surface area contributed by atoms with E-state index in [0.717, 1.165) is 38.5 Å². The smallest absolute Gasteiger partial charge is 0.748 e. The predicted octanol–water partition coefficient (Wildman–Crippen LogP) is 1.17. The molecule has 0 aromatic heterocycles. The minimum Gasteiger partial charge on any atom is -0.748 e. The molecule has 326 valence electrons. The predicted molar refractivity (Wildman–Crippen MR) is 211 cm³/mol. The summed E-state index contributed by atoms with van der Waals surface area (Å²) in [6, 6.07) is 0. The van der Waals surface area contributed by atoms with Crippen LogP contribution in [0.1, 0.15) is 149 Å². The Morgan fingerprint density at radius 1 is 0.357 bits per heavy atom. The van der Waals surface area contributed by atoms with Crippen LogP contribution in [-0.4, -0.2) is 128 Å². The van der Waals surface area contributed by atoms with Gasteiger partial charge in [-0.25, -0.2) is 16.8 Å². The Hall–Kier alpha value is 1.54. The molecule has 13 nitrogen and oxygen atoms in total. The quantitative estimate of drug-likeness (QED) is 0.0485. The van der Waals surface area contributed by atoms with Gasteiger partial charge < -0.3 is 42.3 Å². The molecule has 0 aliphatic rings. The van der Waals surface area contributed by atoms with Crippen LogP contribution in [0.15, 0.2) is 0 Å². The fourth-order valence-corrected chi connectivity index (χ4v) is 6.52. The van der Waals surface area contributed by atoms with Gasteiger partial charge >= 0.3 is 59.1 Å². The molecular formula is C39H78Na2O13S2. The van der Waals surface area contributed by atoms with Crippen LogP contribution in [0.4, 0.5) is 0 Å². The summed E-state index contributed by atoms with van der Waals surface area (Å²) in [4.78, 5) is 0. The molecule has 0 aromatic carbocycles. The molecule has 0 heterocycles. The van der Waals surface area contributed by atoms with Gasteiger partial charge in [0.2, 0.25) is 0 Å². The van der Waals surface area contributed by atoms with Gasteiger partial charge in [0.15, 0.2) is 0 Å². The summed E-state index contributed by atoms with van der Waals surface area (Å²) in [7, 11) is -8.66. The van der Waals surface area contributed by atoms with Crippen molar-refractivity contribution in [2.75, 3.05) is 84.2 Å². The zero-order valence-corrected chi connectivity index (χ0v) is 41.8. The minimum absolute atomic E-state index is 0. The molecule has 0 aliphatic heterocycles. The third-order valence-electron chi connectivity index (χ3n) is 8.75. The molecule has 0 radical (unpaired) electrons. The van der Waals surface area contributed by atoms with Crippen molar-refractivity contribution in [1.82, 2.24) is 0 Å². The second kappa shape index (κ2) is 44.6. The van der Waals surface area contributed by atoms with Crippen LogP contribution < -0.4 is 59.1 Å². The van der Waals surface area contributed by atoms with Crippen molar-refractivity contribution in [2.45, 2.75) is 167 Å².